The molecule has 0 spiro atoms. The van der Waals surface area contributed by atoms with Crippen molar-refractivity contribution in [2.24, 2.45) is 40.4 Å². The van der Waals surface area contributed by atoms with E-state index in [0.29, 0.717) is 35.4 Å². The van der Waals surface area contributed by atoms with Crippen LogP contribution in [0.2, 0.25) is 18.1 Å². The number of aliphatic hydroxyl groups is 1. The summed E-state index contributed by atoms with van der Waals surface area (Å²) in [5.41, 5.74) is 3.82. The van der Waals surface area contributed by atoms with Crippen molar-refractivity contribution < 1.29 is 9.53 Å². The fraction of sp³-hybridized carbons (Fsp3) is 0.879. The second-order valence-electron chi connectivity index (χ2n) is 15.5. The number of aliphatic hydroxyl groups excluding tert-OH is 1. The SMILES string of the molecule is C=C(C)CCC[C@H](CO)[C@@H]1CC[C@H]2[C@@H]3CC=C4C[C@@H](O[Si](C)(C)C(C)(C)C)CC[C@]4(C)[C@H]3CC[C@]12C. The van der Waals surface area contributed by atoms with Crippen LogP contribution in [0.15, 0.2) is 23.8 Å². The molecular formula is C33H58O2Si. The van der Waals surface area contributed by atoms with E-state index in [1.807, 2.05) is 0 Å². The van der Waals surface area contributed by atoms with Crippen LogP contribution < -0.4 is 0 Å². The molecule has 8 atom stereocenters. The summed E-state index contributed by atoms with van der Waals surface area (Å²) in [6.45, 7) is 23.8. The molecule has 3 heteroatoms. The van der Waals surface area contributed by atoms with Crippen molar-refractivity contribution >= 4 is 8.32 Å². The molecule has 1 N–H and O–H groups in total. The molecule has 0 radical (unpaired) electrons. The fourth-order valence-electron chi connectivity index (χ4n) is 9.22. The zero-order valence-corrected chi connectivity index (χ0v) is 26.1. The Kier molecular flexibility index (Phi) is 8.19. The molecule has 0 aromatic heterocycles. The van der Waals surface area contributed by atoms with Gasteiger partial charge < -0.3 is 9.53 Å². The fourth-order valence-corrected chi connectivity index (χ4v) is 10.6. The average Bonchev–Trinajstić information content (AvgIpc) is 3.13. The monoisotopic (exact) mass is 514 g/mol. The van der Waals surface area contributed by atoms with Gasteiger partial charge in [0.05, 0.1) is 0 Å². The third-order valence-corrected chi connectivity index (χ3v) is 16.9. The first kappa shape index (κ1) is 28.6. The molecule has 0 aromatic rings. The van der Waals surface area contributed by atoms with E-state index in [1.54, 1.807) is 5.57 Å². The van der Waals surface area contributed by atoms with E-state index in [0.717, 1.165) is 24.2 Å². The smallest absolute Gasteiger partial charge is 0.192 e. The van der Waals surface area contributed by atoms with Gasteiger partial charge in [-0.3, -0.25) is 0 Å². The first-order valence-electron chi connectivity index (χ1n) is 15.4. The van der Waals surface area contributed by atoms with Crippen LogP contribution in [0.5, 0.6) is 0 Å². The van der Waals surface area contributed by atoms with Gasteiger partial charge in [-0.2, -0.15) is 0 Å². The van der Waals surface area contributed by atoms with Crippen molar-refractivity contribution in [2.75, 3.05) is 6.61 Å². The maximum atomic E-state index is 10.4. The minimum absolute atomic E-state index is 0.281. The first-order chi connectivity index (χ1) is 16.7. The van der Waals surface area contributed by atoms with E-state index in [2.05, 4.69) is 67.3 Å². The molecule has 4 aliphatic carbocycles. The Bertz CT molecular complexity index is 837. The highest BCUT2D eigenvalue weighted by Gasteiger charge is 2.59. The topological polar surface area (TPSA) is 29.5 Å². The molecular weight excluding hydrogens is 456 g/mol. The maximum Gasteiger partial charge on any atom is 0.192 e. The number of hydrogen-bond acceptors (Lipinski definition) is 2. The first-order valence-corrected chi connectivity index (χ1v) is 18.3. The van der Waals surface area contributed by atoms with Crippen LogP contribution in [0.1, 0.15) is 112 Å². The molecule has 0 bridgehead atoms. The molecule has 4 aliphatic rings. The number of hydrogen-bond donors (Lipinski definition) is 1. The summed E-state index contributed by atoms with van der Waals surface area (Å²) < 4.78 is 6.93. The Morgan fingerprint density at radius 2 is 1.86 bits per heavy atom. The Morgan fingerprint density at radius 3 is 2.50 bits per heavy atom. The van der Waals surface area contributed by atoms with Crippen LogP contribution in [-0.4, -0.2) is 26.1 Å². The van der Waals surface area contributed by atoms with Crippen LogP contribution in [0.3, 0.4) is 0 Å². The van der Waals surface area contributed by atoms with E-state index in [9.17, 15) is 5.11 Å². The summed E-state index contributed by atoms with van der Waals surface area (Å²) in [6.07, 6.45) is 17.1. The van der Waals surface area contributed by atoms with Crippen molar-refractivity contribution in [2.45, 2.75) is 136 Å². The Balaban J connectivity index is 1.47. The molecule has 4 rings (SSSR count). The third-order valence-electron chi connectivity index (χ3n) is 12.4. The largest absolute Gasteiger partial charge is 0.414 e. The lowest BCUT2D eigenvalue weighted by Gasteiger charge is -2.59. The van der Waals surface area contributed by atoms with Gasteiger partial charge in [-0.1, -0.05) is 51.8 Å². The minimum Gasteiger partial charge on any atom is -0.414 e. The predicted octanol–water partition coefficient (Wildman–Crippen LogP) is 9.31. The summed E-state index contributed by atoms with van der Waals surface area (Å²) in [6, 6.07) is 0. The zero-order valence-electron chi connectivity index (χ0n) is 25.1. The summed E-state index contributed by atoms with van der Waals surface area (Å²) in [5, 5.41) is 10.7. The molecule has 2 nitrogen and oxygen atoms in total. The van der Waals surface area contributed by atoms with Crippen molar-refractivity contribution in [3.8, 4) is 0 Å². The standard InChI is InChI=1S/C33H58O2Si/c1-23(2)11-10-12-24(22-34)28-15-16-29-27-14-13-25-21-26(35-36(8,9)31(3,4)5)17-19-32(25,6)30(27)18-20-33(28,29)7/h13,24,26-30,34H,1,10-12,14-22H2,2-9H3/t24-,26+,27+,28+,29+,30+,32+,33-/m1/s1. The second kappa shape index (κ2) is 10.3. The van der Waals surface area contributed by atoms with Gasteiger partial charge in [-0.15, -0.1) is 6.58 Å². The molecule has 0 aliphatic heterocycles. The van der Waals surface area contributed by atoms with Crippen LogP contribution in [0, 0.1) is 40.4 Å². The summed E-state index contributed by atoms with van der Waals surface area (Å²) in [5.74, 6) is 3.70. The molecule has 0 amide bonds. The summed E-state index contributed by atoms with van der Waals surface area (Å²) in [4.78, 5) is 0. The Hall–Kier alpha value is -0.383. The molecule has 0 saturated heterocycles. The van der Waals surface area contributed by atoms with Crippen molar-refractivity contribution in [1.82, 2.24) is 0 Å². The van der Waals surface area contributed by atoms with E-state index >= 15 is 0 Å². The average molecular weight is 515 g/mol. The highest BCUT2D eigenvalue weighted by Crippen LogP contribution is 2.67. The van der Waals surface area contributed by atoms with E-state index in [4.69, 9.17) is 4.43 Å². The van der Waals surface area contributed by atoms with Crippen LogP contribution >= 0.6 is 0 Å². The highest BCUT2D eigenvalue weighted by molar-refractivity contribution is 6.74. The molecule has 0 aromatic carbocycles. The van der Waals surface area contributed by atoms with Gasteiger partial charge in [0.1, 0.15) is 0 Å². The predicted molar refractivity (Wildman–Crippen MR) is 157 cm³/mol. The van der Waals surface area contributed by atoms with E-state index < -0.39 is 8.32 Å². The minimum atomic E-state index is -1.73. The molecule has 206 valence electrons. The quantitative estimate of drug-likeness (QED) is 0.258. The number of rotatable bonds is 8. The third kappa shape index (κ3) is 5.12. The van der Waals surface area contributed by atoms with Crippen LogP contribution in [0.25, 0.3) is 0 Å². The second-order valence-corrected chi connectivity index (χ2v) is 20.3. The van der Waals surface area contributed by atoms with Gasteiger partial charge in [0.15, 0.2) is 8.32 Å². The summed E-state index contributed by atoms with van der Waals surface area (Å²) in [7, 11) is -1.73. The van der Waals surface area contributed by atoms with E-state index in [-0.39, 0.29) is 5.04 Å². The van der Waals surface area contributed by atoms with Gasteiger partial charge in [-0.05, 0) is 136 Å². The van der Waals surface area contributed by atoms with Crippen LogP contribution in [-0.2, 0) is 4.43 Å². The Labute approximate surface area is 224 Å². The van der Waals surface area contributed by atoms with Gasteiger partial charge in [-0.25, -0.2) is 0 Å². The molecule has 36 heavy (non-hydrogen) atoms. The van der Waals surface area contributed by atoms with Crippen molar-refractivity contribution in [1.29, 1.82) is 0 Å². The molecule has 0 heterocycles. The van der Waals surface area contributed by atoms with Gasteiger partial charge in [0.2, 0.25) is 0 Å². The molecule has 3 saturated carbocycles. The lowest BCUT2D eigenvalue weighted by molar-refractivity contribution is -0.0616. The van der Waals surface area contributed by atoms with Crippen molar-refractivity contribution in [3.63, 3.8) is 0 Å². The molecule has 0 unspecified atom stereocenters. The normalized spacial score (nSPS) is 39.6. The number of allylic oxidation sites excluding steroid dienone is 2. The summed E-state index contributed by atoms with van der Waals surface area (Å²) >= 11 is 0. The molecule has 3 fully saturated rings. The van der Waals surface area contributed by atoms with E-state index in [1.165, 1.54) is 69.8 Å². The number of fused-ring (bicyclic) bond motifs is 5. The van der Waals surface area contributed by atoms with Gasteiger partial charge in [0.25, 0.3) is 0 Å². The van der Waals surface area contributed by atoms with Gasteiger partial charge in [0, 0.05) is 12.7 Å². The Morgan fingerprint density at radius 1 is 1.14 bits per heavy atom. The van der Waals surface area contributed by atoms with Gasteiger partial charge >= 0.3 is 0 Å². The maximum absolute atomic E-state index is 10.4. The lowest BCUT2D eigenvalue weighted by atomic mass is 9.47. The van der Waals surface area contributed by atoms with Crippen LogP contribution in [0.4, 0.5) is 0 Å². The highest BCUT2D eigenvalue weighted by atomic mass is 28.4. The zero-order chi connectivity index (χ0) is 26.5. The lowest BCUT2D eigenvalue weighted by Crippen LogP contribution is -2.52. The van der Waals surface area contributed by atoms with Crippen molar-refractivity contribution in [3.05, 3.63) is 23.8 Å².